The molecule has 6 nitrogen and oxygen atoms in total. The molecule has 0 atom stereocenters. The fourth-order valence-corrected chi connectivity index (χ4v) is 3.36. The van der Waals surface area contributed by atoms with Crippen molar-refractivity contribution in [3.63, 3.8) is 0 Å². The number of carbonyl (C=O) groups excluding carboxylic acids is 1. The second kappa shape index (κ2) is 9.63. The number of ketones is 1. The largest absolute Gasteiger partial charge is 0.381 e. The zero-order chi connectivity index (χ0) is 20.1. The fourth-order valence-electron chi connectivity index (χ4n) is 2.97. The number of carbonyl (C=O) groups is 1. The molecule has 8 heteroatoms. The molecule has 2 aromatic rings. The fraction of sp³-hybridized carbons (Fsp3) is 0.500. The minimum Gasteiger partial charge on any atom is -0.381 e. The summed E-state index contributed by atoms with van der Waals surface area (Å²) in [4.78, 5) is 25.2. The van der Waals surface area contributed by atoms with Gasteiger partial charge in [0, 0.05) is 49.6 Å². The number of hydrogen-bond donors (Lipinski definition) is 1. The van der Waals surface area contributed by atoms with Crippen LogP contribution < -0.4 is 5.32 Å². The first-order valence-electron chi connectivity index (χ1n) is 9.45. The first-order chi connectivity index (χ1) is 13.4. The lowest BCUT2D eigenvalue weighted by molar-refractivity contribution is -0.121. The standard InChI is InChI=1S/C20H24Cl2N4O2/c1-12(2)17(27)8-14-7-15(16(21)10-23-14)19-20(22)25-11-18(26-19)24-9-13-3-5-28-6-4-13/h7,10-13H,3-6,8-9H2,1-2H3,(H,24,26). The zero-order valence-electron chi connectivity index (χ0n) is 16.0. The Morgan fingerprint density at radius 2 is 2.00 bits per heavy atom. The molecule has 0 spiro atoms. The van der Waals surface area contributed by atoms with Crippen LogP contribution in [0.25, 0.3) is 11.3 Å². The number of Topliss-reactive ketones (excluding diaryl/α,β-unsaturated/α-hetero) is 1. The second-order valence-electron chi connectivity index (χ2n) is 7.28. The maximum atomic E-state index is 12.1. The summed E-state index contributed by atoms with van der Waals surface area (Å²) in [5.41, 5.74) is 1.73. The lowest BCUT2D eigenvalue weighted by atomic mass is 10.0. The molecule has 0 unspecified atom stereocenters. The Morgan fingerprint density at radius 3 is 2.71 bits per heavy atom. The third kappa shape index (κ3) is 5.40. The van der Waals surface area contributed by atoms with E-state index in [-0.39, 0.29) is 23.3 Å². The Labute approximate surface area is 175 Å². The van der Waals surface area contributed by atoms with Crippen molar-refractivity contribution in [1.29, 1.82) is 0 Å². The van der Waals surface area contributed by atoms with E-state index < -0.39 is 0 Å². The van der Waals surface area contributed by atoms with Crippen LogP contribution >= 0.6 is 23.2 Å². The molecule has 2 aromatic heterocycles. The van der Waals surface area contributed by atoms with Crippen molar-refractivity contribution < 1.29 is 9.53 Å². The van der Waals surface area contributed by atoms with E-state index >= 15 is 0 Å². The van der Waals surface area contributed by atoms with E-state index in [2.05, 4.69) is 20.3 Å². The summed E-state index contributed by atoms with van der Waals surface area (Å²) in [5.74, 6) is 1.25. The van der Waals surface area contributed by atoms with E-state index in [1.54, 1.807) is 12.3 Å². The predicted octanol–water partition coefficient (Wildman–Crippen LogP) is 4.45. The van der Waals surface area contributed by atoms with Gasteiger partial charge in [0.25, 0.3) is 0 Å². The van der Waals surface area contributed by atoms with Gasteiger partial charge in [-0.05, 0) is 24.8 Å². The van der Waals surface area contributed by atoms with Crippen molar-refractivity contribution in [3.05, 3.63) is 34.3 Å². The van der Waals surface area contributed by atoms with Gasteiger partial charge in [-0.25, -0.2) is 9.97 Å². The predicted molar refractivity (Wildman–Crippen MR) is 111 cm³/mol. The van der Waals surface area contributed by atoms with Gasteiger partial charge >= 0.3 is 0 Å². The summed E-state index contributed by atoms with van der Waals surface area (Å²) in [6, 6.07) is 1.76. The first kappa shape index (κ1) is 21.0. The molecular formula is C20H24Cl2N4O2. The van der Waals surface area contributed by atoms with E-state index in [1.165, 1.54) is 6.20 Å². The highest BCUT2D eigenvalue weighted by Gasteiger charge is 2.17. The van der Waals surface area contributed by atoms with Crippen LogP contribution in [0.2, 0.25) is 10.2 Å². The van der Waals surface area contributed by atoms with E-state index in [9.17, 15) is 4.79 Å². The van der Waals surface area contributed by atoms with Crippen molar-refractivity contribution in [1.82, 2.24) is 15.0 Å². The highest BCUT2D eigenvalue weighted by molar-refractivity contribution is 6.35. The van der Waals surface area contributed by atoms with Crippen LogP contribution in [0.5, 0.6) is 0 Å². The summed E-state index contributed by atoms with van der Waals surface area (Å²) in [6.07, 6.45) is 5.45. The van der Waals surface area contributed by atoms with E-state index in [4.69, 9.17) is 27.9 Å². The van der Waals surface area contributed by atoms with E-state index in [1.807, 2.05) is 13.8 Å². The molecule has 0 radical (unpaired) electrons. The van der Waals surface area contributed by atoms with Gasteiger partial charge in [0.05, 0.1) is 11.2 Å². The molecule has 0 aliphatic carbocycles. The van der Waals surface area contributed by atoms with Crippen LogP contribution in [-0.2, 0) is 16.0 Å². The number of aromatic nitrogens is 3. The smallest absolute Gasteiger partial charge is 0.155 e. The summed E-state index contributed by atoms with van der Waals surface area (Å²) in [6.45, 7) is 6.14. The molecule has 0 amide bonds. The second-order valence-corrected chi connectivity index (χ2v) is 8.05. The minimum atomic E-state index is -0.0537. The zero-order valence-corrected chi connectivity index (χ0v) is 17.6. The molecule has 1 N–H and O–H groups in total. The Hall–Kier alpha value is -1.76. The van der Waals surface area contributed by atoms with E-state index in [0.717, 1.165) is 32.6 Å². The number of anilines is 1. The number of rotatable bonds is 7. The van der Waals surface area contributed by atoms with Crippen LogP contribution in [0.3, 0.4) is 0 Å². The number of ether oxygens (including phenoxy) is 1. The summed E-state index contributed by atoms with van der Waals surface area (Å²) >= 11 is 12.6. The van der Waals surface area contributed by atoms with E-state index in [0.29, 0.717) is 33.7 Å². The average molecular weight is 423 g/mol. The maximum absolute atomic E-state index is 12.1. The highest BCUT2D eigenvalue weighted by Crippen LogP contribution is 2.32. The van der Waals surface area contributed by atoms with Crippen molar-refractivity contribution in [2.24, 2.45) is 11.8 Å². The summed E-state index contributed by atoms with van der Waals surface area (Å²) in [7, 11) is 0. The quantitative estimate of drug-likeness (QED) is 0.709. The Bertz CT molecular complexity index is 839. The van der Waals surface area contributed by atoms with Crippen LogP contribution in [0.15, 0.2) is 18.5 Å². The monoisotopic (exact) mass is 422 g/mol. The average Bonchev–Trinajstić information content (AvgIpc) is 2.69. The molecule has 0 saturated carbocycles. The topological polar surface area (TPSA) is 77.0 Å². The van der Waals surface area contributed by atoms with Gasteiger partial charge in [-0.1, -0.05) is 37.0 Å². The number of halogens is 2. The number of pyridine rings is 1. The van der Waals surface area contributed by atoms with Gasteiger partial charge in [-0.3, -0.25) is 9.78 Å². The first-order valence-corrected chi connectivity index (χ1v) is 10.2. The molecule has 3 heterocycles. The molecule has 1 saturated heterocycles. The number of nitrogens with zero attached hydrogens (tertiary/aromatic N) is 3. The molecule has 0 aromatic carbocycles. The third-order valence-electron chi connectivity index (χ3n) is 4.81. The van der Waals surface area contributed by atoms with Crippen LogP contribution in [0.1, 0.15) is 32.4 Å². The summed E-state index contributed by atoms with van der Waals surface area (Å²) in [5, 5.41) is 4.00. The van der Waals surface area contributed by atoms with Crippen LogP contribution in [0.4, 0.5) is 5.82 Å². The van der Waals surface area contributed by atoms with Crippen molar-refractivity contribution >= 4 is 34.8 Å². The summed E-state index contributed by atoms with van der Waals surface area (Å²) < 4.78 is 5.39. The normalized spacial score (nSPS) is 15.0. The van der Waals surface area contributed by atoms with Crippen LogP contribution in [-0.4, -0.2) is 40.5 Å². The van der Waals surface area contributed by atoms with Crippen molar-refractivity contribution in [2.45, 2.75) is 33.1 Å². The van der Waals surface area contributed by atoms with Gasteiger partial charge in [0.2, 0.25) is 0 Å². The number of nitrogens with one attached hydrogen (secondary N) is 1. The Balaban J connectivity index is 1.80. The van der Waals surface area contributed by atoms with Crippen molar-refractivity contribution in [3.8, 4) is 11.3 Å². The lowest BCUT2D eigenvalue weighted by Crippen LogP contribution is -2.23. The SMILES string of the molecule is CC(C)C(=O)Cc1cc(-c2nc(NCC3CCOCC3)cnc2Cl)c(Cl)cn1. The Morgan fingerprint density at radius 1 is 1.25 bits per heavy atom. The van der Waals surface area contributed by atoms with Crippen LogP contribution in [0, 0.1) is 11.8 Å². The minimum absolute atomic E-state index is 0.0537. The number of hydrogen-bond acceptors (Lipinski definition) is 6. The molecule has 1 fully saturated rings. The Kier molecular flexibility index (Phi) is 7.21. The molecule has 3 rings (SSSR count). The van der Waals surface area contributed by atoms with Gasteiger partial charge in [0.15, 0.2) is 5.15 Å². The molecule has 150 valence electrons. The molecular weight excluding hydrogens is 399 g/mol. The van der Waals surface area contributed by atoms with Gasteiger partial charge in [0.1, 0.15) is 17.3 Å². The molecule has 0 bridgehead atoms. The van der Waals surface area contributed by atoms with Crippen molar-refractivity contribution in [2.75, 3.05) is 25.1 Å². The molecule has 1 aliphatic heterocycles. The molecule has 28 heavy (non-hydrogen) atoms. The van der Waals surface area contributed by atoms with Gasteiger partial charge in [-0.2, -0.15) is 0 Å². The van der Waals surface area contributed by atoms with Gasteiger partial charge < -0.3 is 10.1 Å². The lowest BCUT2D eigenvalue weighted by Gasteiger charge is -2.22. The third-order valence-corrected chi connectivity index (χ3v) is 5.38. The van der Waals surface area contributed by atoms with Gasteiger partial charge in [-0.15, -0.1) is 0 Å². The maximum Gasteiger partial charge on any atom is 0.155 e. The highest BCUT2D eigenvalue weighted by atomic mass is 35.5. The molecule has 1 aliphatic rings.